The fourth-order valence-electron chi connectivity index (χ4n) is 4.64. The van der Waals surface area contributed by atoms with E-state index in [1.807, 2.05) is 59.1 Å². The second kappa shape index (κ2) is 8.01. The van der Waals surface area contributed by atoms with Gasteiger partial charge in [-0.25, -0.2) is 4.68 Å². The highest BCUT2D eigenvalue weighted by atomic mass is 16.5. The zero-order valence-electron chi connectivity index (χ0n) is 17.5. The smallest absolute Gasteiger partial charge is 0.254 e. The Labute approximate surface area is 181 Å². The normalized spacial score (nSPS) is 17.7. The fourth-order valence-corrected chi connectivity index (χ4v) is 4.64. The van der Waals surface area contributed by atoms with Crippen molar-refractivity contribution in [3.05, 3.63) is 82.2 Å². The number of nitriles is 1. The van der Waals surface area contributed by atoms with E-state index in [2.05, 4.69) is 11.2 Å². The number of benzene rings is 2. The van der Waals surface area contributed by atoms with Gasteiger partial charge in [-0.1, -0.05) is 12.1 Å². The van der Waals surface area contributed by atoms with Crippen molar-refractivity contribution in [3.8, 4) is 11.8 Å². The van der Waals surface area contributed by atoms with Crippen LogP contribution in [0.25, 0.3) is 5.69 Å². The Kier molecular flexibility index (Phi) is 5.05. The Balaban J connectivity index is 1.41. The molecule has 0 bridgehead atoms. The predicted octanol–water partition coefficient (Wildman–Crippen LogP) is 3.78. The van der Waals surface area contributed by atoms with Crippen molar-refractivity contribution >= 4 is 5.91 Å². The number of ether oxygens (including phenoxy) is 1. The number of nitrogens with zero attached hydrogens (tertiary/aromatic N) is 4. The highest BCUT2D eigenvalue weighted by Gasteiger charge is 2.33. The van der Waals surface area contributed by atoms with Crippen LogP contribution in [0.15, 0.2) is 48.8 Å². The minimum Gasteiger partial charge on any atom is -0.376 e. The van der Waals surface area contributed by atoms with Crippen LogP contribution in [0.1, 0.15) is 51.0 Å². The van der Waals surface area contributed by atoms with E-state index in [1.165, 1.54) is 0 Å². The van der Waals surface area contributed by atoms with Gasteiger partial charge in [0.2, 0.25) is 0 Å². The number of hydrogen-bond donors (Lipinski definition) is 0. The fraction of sp³-hybridized carbons (Fsp3) is 0.320. The number of amides is 1. The summed E-state index contributed by atoms with van der Waals surface area (Å²) in [5.74, 6) is 0.0494. The molecule has 1 amide bonds. The number of aromatic nitrogens is 2. The van der Waals surface area contributed by atoms with Crippen molar-refractivity contribution < 1.29 is 9.53 Å². The van der Waals surface area contributed by atoms with Gasteiger partial charge in [-0.3, -0.25) is 4.79 Å². The summed E-state index contributed by atoms with van der Waals surface area (Å²) in [6.45, 7) is 3.93. The Morgan fingerprint density at radius 1 is 1.29 bits per heavy atom. The number of hydrogen-bond acceptors (Lipinski definition) is 4. The first kappa shape index (κ1) is 19.5. The highest BCUT2D eigenvalue weighted by Crippen LogP contribution is 2.32. The van der Waals surface area contributed by atoms with Crippen LogP contribution >= 0.6 is 0 Å². The standard InChI is InChI=1S/C25H24N4O2/c1-17-23(14-26)19(12-18-5-7-20(8-6-18)29-10-3-9-27-29)13-22-24(17)16-28(25(22)30)15-21-4-2-11-31-21/h3,5-10,13,21H,2,4,11-12,15-16H2,1H3. The van der Waals surface area contributed by atoms with Gasteiger partial charge in [-0.2, -0.15) is 10.4 Å². The van der Waals surface area contributed by atoms with Gasteiger partial charge in [-0.15, -0.1) is 0 Å². The molecule has 1 saturated heterocycles. The topological polar surface area (TPSA) is 71.2 Å². The zero-order chi connectivity index (χ0) is 21.4. The van der Waals surface area contributed by atoms with Crippen LogP contribution in [0, 0.1) is 18.3 Å². The molecule has 6 nitrogen and oxygen atoms in total. The summed E-state index contributed by atoms with van der Waals surface area (Å²) in [5.41, 5.74) is 6.30. The lowest BCUT2D eigenvalue weighted by atomic mass is 9.91. The largest absolute Gasteiger partial charge is 0.376 e. The van der Waals surface area contributed by atoms with E-state index in [0.29, 0.717) is 25.1 Å². The minimum absolute atomic E-state index is 0.0494. The summed E-state index contributed by atoms with van der Waals surface area (Å²) in [4.78, 5) is 15.0. The molecule has 31 heavy (non-hydrogen) atoms. The molecule has 6 heteroatoms. The van der Waals surface area contributed by atoms with Gasteiger partial charge in [0, 0.05) is 37.7 Å². The molecule has 2 aliphatic rings. The van der Waals surface area contributed by atoms with Crippen LogP contribution in [-0.4, -0.2) is 39.8 Å². The maximum atomic E-state index is 13.1. The molecule has 1 aromatic heterocycles. The van der Waals surface area contributed by atoms with Crippen LogP contribution in [-0.2, 0) is 17.7 Å². The average Bonchev–Trinajstić information content (AvgIpc) is 3.54. The zero-order valence-corrected chi connectivity index (χ0v) is 17.5. The average molecular weight is 412 g/mol. The van der Waals surface area contributed by atoms with Crippen LogP contribution < -0.4 is 0 Å². The van der Waals surface area contributed by atoms with E-state index in [4.69, 9.17) is 4.74 Å². The lowest BCUT2D eigenvalue weighted by molar-refractivity contribution is 0.0545. The lowest BCUT2D eigenvalue weighted by Gasteiger charge is -2.19. The van der Waals surface area contributed by atoms with Crippen molar-refractivity contribution in [1.82, 2.24) is 14.7 Å². The molecule has 2 aliphatic heterocycles. The molecule has 0 radical (unpaired) electrons. The Hall–Kier alpha value is -3.43. The third kappa shape index (κ3) is 3.62. The Morgan fingerprint density at radius 2 is 2.13 bits per heavy atom. The van der Waals surface area contributed by atoms with Gasteiger partial charge >= 0.3 is 0 Å². The summed E-state index contributed by atoms with van der Waals surface area (Å²) < 4.78 is 7.53. The molecule has 2 aromatic carbocycles. The third-order valence-electron chi connectivity index (χ3n) is 6.32. The molecule has 156 valence electrons. The van der Waals surface area contributed by atoms with E-state index >= 15 is 0 Å². The van der Waals surface area contributed by atoms with Gasteiger partial charge in [0.1, 0.15) is 0 Å². The molecular formula is C25H24N4O2. The van der Waals surface area contributed by atoms with E-state index in [9.17, 15) is 10.1 Å². The lowest BCUT2D eigenvalue weighted by Crippen LogP contribution is -2.32. The molecule has 3 heterocycles. The van der Waals surface area contributed by atoms with Crippen LogP contribution in [0.3, 0.4) is 0 Å². The molecule has 0 spiro atoms. The first-order valence-electron chi connectivity index (χ1n) is 10.7. The summed E-state index contributed by atoms with van der Waals surface area (Å²) in [7, 11) is 0. The van der Waals surface area contributed by atoms with Gasteiger partial charge in [0.15, 0.2) is 0 Å². The van der Waals surface area contributed by atoms with Crippen LogP contribution in [0.5, 0.6) is 0 Å². The molecular weight excluding hydrogens is 388 g/mol. The maximum Gasteiger partial charge on any atom is 0.254 e. The van der Waals surface area contributed by atoms with Crippen molar-refractivity contribution in [1.29, 1.82) is 5.26 Å². The molecule has 0 N–H and O–H groups in total. The van der Waals surface area contributed by atoms with Gasteiger partial charge in [-0.05, 0) is 72.7 Å². The van der Waals surface area contributed by atoms with Crippen molar-refractivity contribution in [3.63, 3.8) is 0 Å². The highest BCUT2D eigenvalue weighted by molar-refractivity contribution is 5.99. The minimum atomic E-state index is 0.0494. The SMILES string of the molecule is Cc1c(C#N)c(Cc2ccc(-n3cccn3)cc2)cc2c1CN(CC1CCCO1)C2=O. The first-order chi connectivity index (χ1) is 15.1. The van der Waals surface area contributed by atoms with E-state index in [1.54, 1.807) is 6.20 Å². The predicted molar refractivity (Wildman–Crippen MR) is 116 cm³/mol. The van der Waals surface area contributed by atoms with Crippen molar-refractivity contribution in [2.75, 3.05) is 13.2 Å². The number of carbonyl (C=O) groups is 1. The second-order valence-electron chi connectivity index (χ2n) is 8.29. The van der Waals surface area contributed by atoms with Crippen LogP contribution in [0.4, 0.5) is 0 Å². The van der Waals surface area contributed by atoms with Crippen molar-refractivity contribution in [2.24, 2.45) is 0 Å². The Bertz CT molecular complexity index is 1150. The first-order valence-corrected chi connectivity index (χ1v) is 10.7. The molecule has 3 aromatic rings. The monoisotopic (exact) mass is 412 g/mol. The quantitative estimate of drug-likeness (QED) is 0.639. The van der Waals surface area contributed by atoms with Gasteiger partial charge in [0.05, 0.1) is 23.4 Å². The molecule has 1 fully saturated rings. The number of rotatable bonds is 5. The Morgan fingerprint density at radius 3 is 2.81 bits per heavy atom. The third-order valence-corrected chi connectivity index (χ3v) is 6.32. The van der Waals surface area contributed by atoms with E-state index in [0.717, 1.165) is 53.0 Å². The van der Waals surface area contributed by atoms with E-state index in [-0.39, 0.29) is 12.0 Å². The van der Waals surface area contributed by atoms with Gasteiger partial charge < -0.3 is 9.64 Å². The summed E-state index contributed by atoms with van der Waals surface area (Å²) in [6.07, 6.45) is 6.44. The number of carbonyl (C=O) groups excluding carboxylic acids is 1. The van der Waals surface area contributed by atoms with Crippen LogP contribution in [0.2, 0.25) is 0 Å². The summed E-state index contributed by atoms with van der Waals surface area (Å²) >= 11 is 0. The summed E-state index contributed by atoms with van der Waals surface area (Å²) in [6, 6.07) is 14.3. The molecule has 1 atom stereocenters. The maximum absolute atomic E-state index is 13.1. The van der Waals surface area contributed by atoms with Gasteiger partial charge in [0.25, 0.3) is 5.91 Å². The molecule has 1 unspecified atom stereocenters. The molecule has 0 saturated carbocycles. The molecule has 5 rings (SSSR count). The summed E-state index contributed by atoms with van der Waals surface area (Å²) in [5, 5.41) is 14.1. The molecule has 0 aliphatic carbocycles. The number of fused-ring (bicyclic) bond motifs is 1. The van der Waals surface area contributed by atoms with E-state index < -0.39 is 0 Å². The van der Waals surface area contributed by atoms with Crippen molar-refractivity contribution in [2.45, 2.75) is 38.8 Å². The second-order valence-corrected chi connectivity index (χ2v) is 8.29.